The molecule has 4 aromatic rings. The molecule has 1 spiro atoms. The van der Waals surface area contributed by atoms with Crippen molar-refractivity contribution in [3.05, 3.63) is 136 Å². The predicted octanol–water partition coefficient (Wildman–Crippen LogP) is 8.48. The van der Waals surface area contributed by atoms with Crippen molar-refractivity contribution < 1.29 is 18.9 Å². The van der Waals surface area contributed by atoms with Crippen molar-refractivity contribution in [2.75, 3.05) is 13.2 Å². The number of hydrogen-bond donors (Lipinski definition) is 0. The van der Waals surface area contributed by atoms with Crippen molar-refractivity contribution >= 4 is 17.5 Å². The Morgan fingerprint density at radius 1 is 0.791 bits per heavy atom. The van der Waals surface area contributed by atoms with Crippen molar-refractivity contribution in [1.82, 2.24) is 0 Å². The van der Waals surface area contributed by atoms with Crippen LogP contribution >= 0.6 is 0 Å². The number of fused-ring (bicyclic) bond motifs is 4. The molecule has 0 unspecified atom stereocenters. The van der Waals surface area contributed by atoms with E-state index in [0.29, 0.717) is 25.0 Å². The molecule has 3 heterocycles. The second-order valence-corrected chi connectivity index (χ2v) is 11.0. The van der Waals surface area contributed by atoms with Crippen molar-refractivity contribution in [1.29, 1.82) is 0 Å². The molecule has 6 heteroatoms. The van der Waals surface area contributed by atoms with Gasteiger partial charge in [0.25, 0.3) is 0 Å². The maximum Gasteiger partial charge on any atom is 0.225 e. The third-order valence-corrected chi connectivity index (χ3v) is 8.47. The van der Waals surface area contributed by atoms with Crippen LogP contribution in [-0.4, -0.2) is 25.0 Å². The Morgan fingerprint density at radius 2 is 1.44 bits per heavy atom. The van der Waals surface area contributed by atoms with Crippen LogP contribution in [0.2, 0.25) is 0 Å². The van der Waals surface area contributed by atoms with Gasteiger partial charge >= 0.3 is 0 Å². The fourth-order valence-electron chi connectivity index (χ4n) is 6.58. The van der Waals surface area contributed by atoms with Gasteiger partial charge in [-0.3, -0.25) is 0 Å². The molecule has 7 rings (SSSR count). The van der Waals surface area contributed by atoms with E-state index in [2.05, 4.69) is 62.4 Å². The van der Waals surface area contributed by atoms with Gasteiger partial charge in [0, 0.05) is 22.3 Å². The van der Waals surface area contributed by atoms with Gasteiger partial charge in [-0.2, -0.15) is 0 Å². The first kappa shape index (κ1) is 27.6. The van der Waals surface area contributed by atoms with Crippen LogP contribution in [-0.2, 0) is 24.7 Å². The molecule has 3 aliphatic heterocycles. The monoisotopic (exact) mass is 572 g/mol. The Balaban J connectivity index is 1.44. The van der Waals surface area contributed by atoms with Gasteiger partial charge in [0.2, 0.25) is 17.6 Å². The lowest BCUT2D eigenvalue weighted by Crippen LogP contribution is -2.31. The molecule has 3 aliphatic rings. The fourth-order valence-corrected chi connectivity index (χ4v) is 6.58. The first-order valence-electron chi connectivity index (χ1n) is 15.3. The minimum absolute atomic E-state index is 0.0643. The lowest BCUT2D eigenvalue weighted by Gasteiger charge is -2.30. The molecule has 6 nitrogen and oxygen atoms in total. The van der Waals surface area contributed by atoms with Gasteiger partial charge in [-0.1, -0.05) is 86.6 Å². The Bertz CT molecular complexity index is 1680. The number of para-hydroxylation sites is 1. The van der Waals surface area contributed by atoms with E-state index >= 15 is 0 Å². The lowest BCUT2D eigenvalue weighted by atomic mass is 9.86. The van der Waals surface area contributed by atoms with Crippen LogP contribution in [0.25, 0.3) is 0 Å². The van der Waals surface area contributed by atoms with E-state index < -0.39 is 5.79 Å². The van der Waals surface area contributed by atoms with Crippen molar-refractivity contribution in [2.45, 2.75) is 57.6 Å². The summed E-state index contributed by atoms with van der Waals surface area (Å²) in [6.45, 7) is 7.25. The zero-order valence-corrected chi connectivity index (χ0v) is 24.8. The first-order valence-corrected chi connectivity index (χ1v) is 15.3. The van der Waals surface area contributed by atoms with Crippen molar-refractivity contribution in [3.8, 4) is 0 Å². The Kier molecular flexibility index (Phi) is 7.33. The number of aliphatic imine (C=N–C) groups is 2. The van der Waals surface area contributed by atoms with Crippen molar-refractivity contribution in [3.63, 3.8) is 0 Å². The topological polar surface area (TPSA) is 61.6 Å². The highest BCUT2D eigenvalue weighted by Crippen LogP contribution is 2.59. The molecule has 0 radical (unpaired) electrons. The number of nitrogens with zero attached hydrogens (tertiary/aromatic N) is 2. The highest BCUT2D eigenvalue weighted by molar-refractivity contribution is 6.00. The second kappa shape index (κ2) is 11.4. The molecule has 0 saturated carbocycles. The van der Waals surface area contributed by atoms with E-state index in [4.69, 9.17) is 28.9 Å². The maximum absolute atomic E-state index is 7.08. The molecule has 0 N–H and O–H groups in total. The Labute approximate surface area is 253 Å². The summed E-state index contributed by atoms with van der Waals surface area (Å²) >= 11 is 0. The summed E-state index contributed by atoms with van der Waals surface area (Å²) in [5.41, 5.74) is 7.85. The molecule has 43 heavy (non-hydrogen) atoms. The molecule has 0 amide bonds. The minimum Gasteiger partial charge on any atom is -0.478 e. The zero-order chi connectivity index (χ0) is 29.4. The molecule has 0 aliphatic carbocycles. The average molecular weight is 573 g/mol. The molecule has 0 fully saturated rings. The van der Waals surface area contributed by atoms with E-state index in [1.54, 1.807) is 0 Å². The van der Waals surface area contributed by atoms with Crippen LogP contribution in [0.4, 0.5) is 5.69 Å². The number of rotatable bonds is 7. The van der Waals surface area contributed by atoms with Gasteiger partial charge in [-0.15, -0.1) is 0 Å². The average Bonchev–Trinajstić information content (AvgIpc) is 3.77. The largest absolute Gasteiger partial charge is 0.478 e. The highest BCUT2D eigenvalue weighted by Gasteiger charge is 2.57. The number of benzene rings is 4. The summed E-state index contributed by atoms with van der Waals surface area (Å²) in [6, 6.07) is 32.7. The van der Waals surface area contributed by atoms with Crippen LogP contribution in [0.1, 0.15) is 90.8 Å². The predicted molar refractivity (Wildman–Crippen MR) is 168 cm³/mol. The van der Waals surface area contributed by atoms with Crippen LogP contribution in [0, 0.1) is 0 Å². The smallest absolute Gasteiger partial charge is 0.225 e. The van der Waals surface area contributed by atoms with Crippen LogP contribution in [0.3, 0.4) is 0 Å². The summed E-state index contributed by atoms with van der Waals surface area (Å²) in [7, 11) is 0. The molecule has 4 atom stereocenters. The fraction of sp³-hybridized carbons (Fsp3) is 0.297. The van der Waals surface area contributed by atoms with Crippen LogP contribution < -0.4 is 0 Å². The highest BCUT2D eigenvalue weighted by atomic mass is 16.7. The molecule has 218 valence electrons. The van der Waals surface area contributed by atoms with Crippen LogP contribution in [0.15, 0.2) is 107 Å². The standard InChI is InChI=1S/C37H36N2O4/c1-4-31-26-19-13-21-28(35(40-6-3)38-25-17-11-8-12-18-25)33(26)37(42-31)34-27(32(5-2)43-37)20-14-22-29(34)36-39-30(23-41-36)24-15-9-7-10-16-24/h7-22,30-32H,4-6,23H2,1-3H3/b38-35-/t30-,31-,32-,37-/m0/s1. The summed E-state index contributed by atoms with van der Waals surface area (Å²) < 4.78 is 26.7. The summed E-state index contributed by atoms with van der Waals surface area (Å²) in [6.07, 6.45) is 1.28. The molecule has 0 aromatic heterocycles. The molecular formula is C37H36N2O4. The van der Waals surface area contributed by atoms with E-state index in [9.17, 15) is 0 Å². The zero-order valence-electron chi connectivity index (χ0n) is 24.8. The third-order valence-electron chi connectivity index (χ3n) is 8.47. The van der Waals surface area contributed by atoms with E-state index in [0.717, 1.165) is 57.5 Å². The van der Waals surface area contributed by atoms with E-state index in [-0.39, 0.29) is 18.2 Å². The van der Waals surface area contributed by atoms with Gasteiger partial charge in [0.1, 0.15) is 12.6 Å². The molecular weight excluding hydrogens is 536 g/mol. The van der Waals surface area contributed by atoms with Crippen LogP contribution in [0.5, 0.6) is 0 Å². The molecule has 4 aromatic carbocycles. The maximum atomic E-state index is 7.08. The summed E-state index contributed by atoms with van der Waals surface area (Å²) in [5.74, 6) is 0.00671. The van der Waals surface area contributed by atoms with E-state index in [1.807, 2.05) is 55.5 Å². The molecule has 0 bridgehead atoms. The summed E-state index contributed by atoms with van der Waals surface area (Å²) in [5, 5.41) is 0. The SMILES string of the molecule is CCO/C(=N\c1ccccc1)c1cccc2c1[C@@]1(O[C@@H](CC)c3cccc(C4=N[C@H](c5ccccc5)CO4)c31)O[C@H]2CC. The second-order valence-electron chi connectivity index (χ2n) is 11.0. The minimum atomic E-state index is -1.16. The Hall–Kier alpha value is -4.26. The van der Waals surface area contributed by atoms with Gasteiger partial charge in [-0.25, -0.2) is 9.98 Å². The third kappa shape index (κ3) is 4.66. The van der Waals surface area contributed by atoms with Gasteiger partial charge in [0.05, 0.1) is 24.5 Å². The first-order chi connectivity index (χ1) is 21.2. The van der Waals surface area contributed by atoms with Crippen molar-refractivity contribution in [2.24, 2.45) is 9.98 Å². The quantitative estimate of drug-likeness (QED) is 0.165. The number of hydrogen-bond acceptors (Lipinski definition) is 6. The summed E-state index contributed by atoms with van der Waals surface area (Å²) in [4.78, 5) is 10.1. The van der Waals surface area contributed by atoms with Gasteiger partial charge in [-0.05, 0) is 60.7 Å². The van der Waals surface area contributed by atoms with E-state index in [1.165, 1.54) is 0 Å². The number of ether oxygens (including phenoxy) is 4. The normalized spacial score (nSPS) is 24.0. The molecule has 0 saturated heterocycles. The Morgan fingerprint density at radius 3 is 2.12 bits per heavy atom. The van der Waals surface area contributed by atoms with Gasteiger partial charge < -0.3 is 18.9 Å². The lowest BCUT2D eigenvalue weighted by molar-refractivity contribution is -0.236. The van der Waals surface area contributed by atoms with Gasteiger partial charge in [0.15, 0.2) is 0 Å².